The van der Waals surface area contributed by atoms with Crippen molar-refractivity contribution in [3.8, 4) is 0 Å². The van der Waals surface area contributed by atoms with Crippen molar-refractivity contribution >= 4 is 18.2 Å². The van der Waals surface area contributed by atoms with Crippen LogP contribution in [-0.4, -0.2) is 69.3 Å². The van der Waals surface area contributed by atoms with Gasteiger partial charge >= 0.3 is 6.03 Å². The molecule has 2 fully saturated rings. The third-order valence-corrected chi connectivity index (χ3v) is 5.59. The Kier molecular flexibility index (Phi) is 5.55. The highest BCUT2D eigenvalue weighted by molar-refractivity contribution is 5.96. The molecule has 1 atom stereocenters. The fraction of sp³-hybridized carbons (Fsp3) is 0.500. The molecule has 2 amide bonds. The van der Waals surface area contributed by atoms with Gasteiger partial charge in [0.25, 0.3) is 0 Å². The molecular formula is C20H27N7O. The van der Waals surface area contributed by atoms with Gasteiger partial charge in [0.2, 0.25) is 0 Å². The molecule has 4 heterocycles. The van der Waals surface area contributed by atoms with Crippen LogP contribution in [0.25, 0.3) is 0 Å². The molecule has 8 nitrogen and oxygen atoms in total. The smallest absolute Gasteiger partial charge is 0.328 e. The zero-order valence-corrected chi connectivity index (χ0v) is 16.2. The van der Waals surface area contributed by atoms with Crippen LogP contribution in [0.1, 0.15) is 26.2 Å². The monoisotopic (exact) mass is 381 g/mol. The van der Waals surface area contributed by atoms with E-state index < -0.39 is 0 Å². The van der Waals surface area contributed by atoms with Gasteiger partial charge in [-0.15, -0.1) is 0 Å². The van der Waals surface area contributed by atoms with Gasteiger partial charge in [-0.25, -0.2) is 14.8 Å². The summed E-state index contributed by atoms with van der Waals surface area (Å²) in [4.78, 5) is 32.0. The van der Waals surface area contributed by atoms with Crippen LogP contribution in [-0.2, 0) is 0 Å². The summed E-state index contributed by atoms with van der Waals surface area (Å²) in [5, 5.41) is 2.83. The predicted molar refractivity (Wildman–Crippen MR) is 109 cm³/mol. The Labute approximate surface area is 165 Å². The number of hydrogen-bond donors (Lipinski definition) is 1. The number of urea groups is 1. The number of fused-ring (bicyclic) bond motifs is 2. The number of carbonyl (C=O) groups excluding carboxylic acids is 1. The zero-order valence-electron chi connectivity index (χ0n) is 16.2. The molecule has 4 rings (SSSR count). The van der Waals surface area contributed by atoms with Crippen molar-refractivity contribution in [2.24, 2.45) is 10.9 Å². The maximum absolute atomic E-state index is 12.9. The van der Waals surface area contributed by atoms with Gasteiger partial charge in [-0.3, -0.25) is 15.2 Å². The van der Waals surface area contributed by atoms with Crippen molar-refractivity contribution in [3.63, 3.8) is 0 Å². The van der Waals surface area contributed by atoms with E-state index in [9.17, 15) is 4.79 Å². The third kappa shape index (κ3) is 4.32. The van der Waals surface area contributed by atoms with Crippen LogP contribution in [0.2, 0.25) is 0 Å². The molecule has 3 aliphatic rings. The molecule has 0 aliphatic carbocycles. The van der Waals surface area contributed by atoms with Gasteiger partial charge in [-0.2, -0.15) is 0 Å². The standard InChI is InChI=1S/C20H27N7O/c1-16-4-11-26(12-5-16)19-3-2-9-25-10-6-17(14-25)27(15-23-19)20(28)24-18-13-21-7-8-22-18/h2-3,7-9,13,15-17H,4-6,10-12,14H2,1H3,(H,22,24,28)/t17-/m0/s1. The average Bonchev–Trinajstić information content (AvgIpc) is 3.16. The van der Waals surface area contributed by atoms with Crippen LogP contribution >= 0.6 is 0 Å². The molecule has 28 heavy (non-hydrogen) atoms. The number of amides is 2. The first kappa shape index (κ1) is 18.5. The molecule has 1 aromatic rings. The van der Waals surface area contributed by atoms with Crippen LogP contribution in [0.15, 0.2) is 47.8 Å². The number of anilines is 1. The highest BCUT2D eigenvalue weighted by Crippen LogP contribution is 2.22. The molecule has 0 spiro atoms. The second kappa shape index (κ2) is 8.41. The van der Waals surface area contributed by atoms with Crippen molar-refractivity contribution < 1.29 is 4.79 Å². The molecule has 0 saturated carbocycles. The average molecular weight is 381 g/mol. The summed E-state index contributed by atoms with van der Waals surface area (Å²) >= 11 is 0. The molecule has 1 aromatic heterocycles. The minimum Gasteiger partial charge on any atom is -0.375 e. The quantitative estimate of drug-likeness (QED) is 0.852. The molecule has 0 aromatic carbocycles. The minimum absolute atomic E-state index is 0.0748. The predicted octanol–water partition coefficient (Wildman–Crippen LogP) is 2.51. The maximum Gasteiger partial charge on any atom is 0.328 e. The second-order valence-corrected chi connectivity index (χ2v) is 7.65. The number of carbonyl (C=O) groups is 1. The Morgan fingerprint density at radius 1 is 1.18 bits per heavy atom. The van der Waals surface area contributed by atoms with E-state index in [1.165, 1.54) is 12.8 Å². The molecule has 3 aliphatic heterocycles. The van der Waals surface area contributed by atoms with Gasteiger partial charge < -0.3 is 9.80 Å². The van der Waals surface area contributed by atoms with Gasteiger partial charge in [-0.1, -0.05) is 6.92 Å². The fourth-order valence-electron chi connectivity index (χ4n) is 3.82. The van der Waals surface area contributed by atoms with Gasteiger partial charge in [0.15, 0.2) is 5.82 Å². The van der Waals surface area contributed by atoms with Crippen molar-refractivity contribution in [1.29, 1.82) is 0 Å². The Bertz CT molecular complexity index is 768. The van der Waals surface area contributed by atoms with Crippen molar-refractivity contribution in [1.82, 2.24) is 24.7 Å². The Morgan fingerprint density at radius 2 is 2.04 bits per heavy atom. The number of nitrogens with zero attached hydrogens (tertiary/aromatic N) is 6. The maximum atomic E-state index is 12.9. The summed E-state index contributed by atoms with van der Waals surface area (Å²) in [5.74, 6) is 2.10. The minimum atomic E-state index is -0.229. The zero-order chi connectivity index (χ0) is 19.3. The van der Waals surface area contributed by atoms with E-state index in [1.54, 1.807) is 29.8 Å². The lowest BCUT2D eigenvalue weighted by Gasteiger charge is -2.32. The lowest BCUT2D eigenvalue weighted by molar-refractivity contribution is 0.222. The van der Waals surface area contributed by atoms with Crippen LogP contribution in [0, 0.1) is 5.92 Å². The summed E-state index contributed by atoms with van der Waals surface area (Å²) in [6, 6.07) is -0.155. The number of hydrogen-bond acceptors (Lipinski definition) is 6. The Morgan fingerprint density at radius 3 is 2.82 bits per heavy atom. The summed E-state index contributed by atoms with van der Waals surface area (Å²) in [6.07, 6.45) is 15.8. The van der Waals surface area contributed by atoms with Crippen molar-refractivity contribution in [2.45, 2.75) is 32.2 Å². The summed E-state index contributed by atoms with van der Waals surface area (Å²) in [6.45, 7) is 6.01. The molecule has 2 saturated heterocycles. The summed E-state index contributed by atoms with van der Waals surface area (Å²) < 4.78 is 0. The van der Waals surface area contributed by atoms with E-state index in [1.807, 2.05) is 6.08 Å². The van der Waals surface area contributed by atoms with Gasteiger partial charge in [0, 0.05) is 38.6 Å². The number of aliphatic imine (C=N–C) groups is 1. The van der Waals surface area contributed by atoms with Crippen LogP contribution in [0.3, 0.4) is 0 Å². The van der Waals surface area contributed by atoms with E-state index in [2.05, 4.69) is 44.3 Å². The molecule has 148 valence electrons. The number of likely N-dealkylation sites (tertiary alicyclic amines) is 1. The number of piperidine rings is 1. The van der Waals surface area contributed by atoms with Gasteiger partial charge in [0.1, 0.15) is 12.2 Å². The first-order chi connectivity index (χ1) is 13.7. The Balaban J connectivity index is 1.55. The lowest BCUT2D eigenvalue weighted by atomic mass is 9.99. The molecule has 0 radical (unpaired) electrons. The van der Waals surface area contributed by atoms with Crippen LogP contribution < -0.4 is 5.32 Å². The van der Waals surface area contributed by atoms with Crippen molar-refractivity contribution in [3.05, 3.63) is 42.8 Å². The van der Waals surface area contributed by atoms with E-state index in [0.717, 1.165) is 44.3 Å². The summed E-state index contributed by atoms with van der Waals surface area (Å²) in [7, 11) is 0. The molecular weight excluding hydrogens is 354 g/mol. The highest BCUT2D eigenvalue weighted by atomic mass is 16.2. The SMILES string of the molecule is CC1CCN(C2=CC=CN3CC[C@@H](C3)N(C(=O)Nc3cnccn3)C=N2)CC1. The van der Waals surface area contributed by atoms with E-state index in [0.29, 0.717) is 5.82 Å². The first-order valence-corrected chi connectivity index (χ1v) is 9.96. The number of nitrogens with one attached hydrogen (secondary N) is 1. The Hall–Kier alpha value is -2.90. The largest absolute Gasteiger partial charge is 0.375 e. The summed E-state index contributed by atoms with van der Waals surface area (Å²) in [5.41, 5.74) is 0. The number of rotatable bonds is 2. The molecule has 0 unspecified atom stereocenters. The topological polar surface area (TPSA) is 77.0 Å². The van der Waals surface area contributed by atoms with E-state index in [-0.39, 0.29) is 12.1 Å². The van der Waals surface area contributed by atoms with Gasteiger partial charge in [0.05, 0.1) is 12.2 Å². The highest BCUT2D eigenvalue weighted by Gasteiger charge is 2.30. The van der Waals surface area contributed by atoms with E-state index >= 15 is 0 Å². The lowest BCUT2D eigenvalue weighted by Crippen LogP contribution is -2.43. The normalized spacial score (nSPS) is 23.0. The molecule has 2 bridgehead atoms. The third-order valence-electron chi connectivity index (χ3n) is 5.59. The molecule has 1 N–H and O–H groups in total. The van der Waals surface area contributed by atoms with Gasteiger partial charge in [-0.05, 0) is 43.5 Å². The number of aromatic nitrogens is 2. The number of allylic oxidation sites excluding steroid dienone is 2. The van der Waals surface area contributed by atoms with Crippen LogP contribution in [0.4, 0.5) is 10.6 Å². The fourth-order valence-corrected chi connectivity index (χ4v) is 3.82. The van der Waals surface area contributed by atoms with Crippen molar-refractivity contribution in [2.75, 3.05) is 31.5 Å². The first-order valence-electron chi connectivity index (χ1n) is 9.96. The van der Waals surface area contributed by atoms with E-state index in [4.69, 9.17) is 4.99 Å². The van der Waals surface area contributed by atoms with Crippen LogP contribution in [0.5, 0.6) is 0 Å². The molecule has 8 heteroatoms. The second-order valence-electron chi connectivity index (χ2n) is 7.65.